The summed E-state index contributed by atoms with van der Waals surface area (Å²) in [5, 5.41) is 7.00. The lowest BCUT2D eigenvalue weighted by Crippen LogP contribution is -2.24. The molecular weight excluding hydrogens is 276 g/mol. The molecule has 6 nitrogen and oxygen atoms in total. The molecule has 1 heterocycles. The van der Waals surface area contributed by atoms with Gasteiger partial charge in [-0.15, -0.1) is 0 Å². The quantitative estimate of drug-likeness (QED) is 0.819. The Balaban J connectivity index is 2.14. The fraction of sp³-hybridized carbons (Fsp3) is 0.308. The minimum absolute atomic E-state index is 0.217. The Labute approximate surface area is 118 Å². The molecule has 7 heteroatoms. The van der Waals surface area contributed by atoms with Gasteiger partial charge in [0.05, 0.1) is 17.1 Å². The molecule has 0 spiro atoms. The molecule has 0 bridgehead atoms. The summed E-state index contributed by atoms with van der Waals surface area (Å²) in [5.41, 5.74) is 1.73. The summed E-state index contributed by atoms with van der Waals surface area (Å²) >= 11 is 0. The largest absolute Gasteiger partial charge is 0.316 e. The maximum absolute atomic E-state index is 12.2. The zero-order valence-electron chi connectivity index (χ0n) is 11.5. The third kappa shape index (κ3) is 3.44. The Morgan fingerprint density at radius 3 is 2.70 bits per heavy atom. The highest BCUT2D eigenvalue weighted by Crippen LogP contribution is 2.12. The molecule has 2 N–H and O–H groups in total. The standard InChI is InChI=1S/C13H18N4O2S/c1-14-9-11-4-3-5-13(8-11)20(18,19)16-10-12-6-7-15-17(12)2/h3-8,14,16H,9-10H2,1-2H3. The van der Waals surface area contributed by atoms with Gasteiger partial charge in [0.15, 0.2) is 0 Å². The lowest BCUT2D eigenvalue weighted by molar-refractivity contribution is 0.577. The van der Waals surface area contributed by atoms with Crippen LogP contribution in [-0.4, -0.2) is 25.2 Å². The van der Waals surface area contributed by atoms with Gasteiger partial charge in [0.25, 0.3) is 0 Å². The van der Waals surface area contributed by atoms with Gasteiger partial charge in [-0.2, -0.15) is 5.10 Å². The third-order valence-corrected chi connectivity index (χ3v) is 4.35. The summed E-state index contributed by atoms with van der Waals surface area (Å²) < 4.78 is 28.7. The van der Waals surface area contributed by atoms with Gasteiger partial charge in [0, 0.05) is 19.8 Å². The van der Waals surface area contributed by atoms with E-state index >= 15 is 0 Å². The van der Waals surface area contributed by atoms with Crippen molar-refractivity contribution >= 4 is 10.0 Å². The smallest absolute Gasteiger partial charge is 0.240 e. The van der Waals surface area contributed by atoms with Crippen LogP contribution in [0.3, 0.4) is 0 Å². The summed E-state index contributed by atoms with van der Waals surface area (Å²) in [6, 6.07) is 8.66. The van der Waals surface area contributed by atoms with Gasteiger partial charge >= 0.3 is 0 Å². The molecule has 2 rings (SSSR count). The Morgan fingerprint density at radius 2 is 2.05 bits per heavy atom. The van der Waals surface area contributed by atoms with Crippen molar-refractivity contribution in [3.8, 4) is 0 Å². The molecule has 1 aromatic heterocycles. The highest BCUT2D eigenvalue weighted by Gasteiger charge is 2.14. The number of aryl methyl sites for hydroxylation is 1. The average Bonchev–Trinajstić information content (AvgIpc) is 2.83. The van der Waals surface area contributed by atoms with Crippen LogP contribution in [0, 0.1) is 0 Å². The van der Waals surface area contributed by atoms with Crippen molar-refractivity contribution in [1.82, 2.24) is 19.8 Å². The monoisotopic (exact) mass is 294 g/mol. The van der Waals surface area contributed by atoms with Crippen molar-refractivity contribution in [3.63, 3.8) is 0 Å². The summed E-state index contributed by atoms with van der Waals surface area (Å²) in [4.78, 5) is 0.271. The van der Waals surface area contributed by atoms with Gasteiger partial charge in [0.2, 0.25) is 10.0 Å². The van der Waals surface area contributed by atoms with E-state index in [-0.39, 0.29) is 11.4 Å². The van der Waals surface area contributed by atoms with Gasteiger partial charge in [-0.05, 0) is 30.8 Å². The van der Waals surface area contributed by atoms with Gasteiger partial charge in [-0.25, -0.2) is 13.1 Å². The van der Waals surface area contributed by atoms with Crippen LogP contribution < -0.4 is 10.0 Å². The van der Waals surface area contributed by atoms with Crippen molar-refractivity contribution in [3.05, 3.63) is 47.8 Å². The van der Waals surface area contributed by atoms with E-state index in [1.165, 1.54) is 0 Å². The Hall–Kier alpha value is -1.70. The Kier molecular flexibility index (Phi) is 4.53. The minimum Gasteiger partial charge on any atom is -0.316 e. The number of sulfonamides is 1. The number of aromatic nitrogens is 2. The molecule has 2 aromatic rings. The first kappa shape index (κ1) is 14.7. The maximum atomic E-state index is 12.2. The maximum Gasteiger partial charge on any atom is 0.240 e. The molecule has 1 aromatic carbocycles. The zero-order valence-corrected chi connectivity index (χ0v) is 12.3. The van der Waals surface area contributed by atoms with E-state index in [2.05, 4.69) is 15.1 Å². The Morgan fingerprint density at radius 1 is 1.25 bits per heavy atom. The lowest BCUT2D eigenvalue weighted by atomic mass is 10.2. The van der Waals surface area contributed by atoms with Crippen molar-refractivity contribution in [1.29, 1.82) is 0 Å². The number of rotatable bonds is 6. The number of nitrogens with one attached hydrogen (secondary N) is 2. The highest BCUT2D eigenvalue weighted by molar-refractivity contribution is 7.89. The predicted molar refractivity (Wildman–Crippen MR) is 76.4 cm³/mol. The normalized spacial score (nSPS) is 11.7. The summed E-state index contributed by atoms with van der Waals surface area (Å²) in [6.07, 6.45) is 1.64. The van der Waals surface area contributed by atoms with Crippen molar-refractivity contribution in [2.75, 3.05) is 7.05 Å². The lowest BCUT2D eigenvalue weighted by Gasteiger charge is -2.08. The van der Waals surface area contributed by atoms with Crippen LogP contribution in [0.5, 0.6) is 0 Å². The number of benzene rings is 1. The second-order valence-corrected chi connectivity index (χ2v) is 6.22. The molecule has 0 aliphatic rings. The first-order valence-electron chi connectivity index (χ1n) is 6.23. The van der Waals surface area contributed by atoms with Crippen LogP contribution in [0.2, 0.25) is 0 Å². The van der Waals surface area contributed by atoms with Crippen LogP contribution in [0.1, 0.15) is 11.3 Å². The summed E-state index contributed by atoms with van der Waals surface area (Å²) in [7, 11) is 0.0834. The Bertz CT molecular complexity index is 679. The van der Waals surface area contributed by atoms with Crippen LogP contribution in [0.15, 0.2) is 41.4 Å². The molecular formula is C13H18N4O2S. The number of nitrogens with zero attached hydrogens (tertiary/aromatic N) is 2. The minimum atomic E-state index is -3.51. The van der Waals surface area contributed by atoms with E-state index < -0.39 is 10.0 Å². The van der Waals surface area contributed by atoms with Gasteiger partial charge in [-0.3, -0.25) is 4.68 Å². The average molecular weight is 294 g/mol. The van der Waals surface area contributed by atoms with Crippen molar-refractivity contribution in [2.45, 2.75) is 18.0 Å². The highest BCUT2D eigenvalue weighted by atomic mass is 32.2. The second-order valence-electron chi connectivity index (χ2n) is 4.45. The van der Waals surface area contributed by atoms with Crippen molar-refractivity contribution < 1.29 is 8.42 Å². The number of hydrogen-bond donors (Lipinski definition) is 2. The van der Waals surface area contributed by atoms with E-state index in [0.29, 0.717) is 6.54 Å². The molecule has 20 heavy (non-hydrogen) atoms. The molecule has 0 saturated heterocycles. The van der Waals surface area contributed by atoms with Crippen molar-refractivity contribution in [2.24, 2.45) is 7.05 Å². The topological polar surface area (TPSA) is 76.0 Å². The fourth-order valence-corrected chi connectivity index (χ4v) is 2.92. The van der Waals surface area contributed by atoms with E-state index in [1.807, 2.05) is 13.1 Å². The van der Waals surface area contributed by atoms with E-state index in [0.717, 1.165) is 11.3 Å². The number of hydrogen-bond acceptors (Lipinski definition) is 4. The van der Waals surface area contributed by atoms with Crippen LogP contribution in [0.4, 0.5) is 0 Å². The first-order chi connectivity index (χ1) is 9.53. The van der Waals surface area contributed by atoms with Crippen LogP contribution in [0.25, 0.3) is 0 Å². The van der Waals surface area contributed by atoms with Crippen LogP contribution in [-0.2, 0) is 30.2 Å². The fourth-order valence-electron chi connectivity index (χ4n) is 1.85. The third-order valence-electron chi connectivity index (χ3n) is 2.96. The molecule has 108 valence electrons. The molecule has 0 radical (unpaired) electrons. The van der Waals surface area contributed by atoms with Gasteiger partial charge in [-0.1, -0.05) is 12.1 Å². The van der Waals surface area contributed by atoms with E-state index in [4.69, 9.17) is 0 Å². The first-order valence-corrected chi connectivity index (χ1v) is 7.71. The molecule has 0 saturated carbocycles. The zero-order chi connectivity index (χ0) is 14.6. The molecule has 0 unspecified atom stereocenters. The summed E-state index contributed by atoms with van der Waals surface area (Å²) in [5.74, 6) is 0. The van der Waals surface area contributed by atoms with Gasteiger partial charge in [0.1, 0.15) is 0 Å². The predicted octanol–water partition coefficient (Wildman–Crippen LogP) is 0.618. The van der Waals surface area contributed by atoms with E-state index in [1.54, 1.807) is 42.2 Å². The van der Waals surface area contributed by atoms with Crippen LogP contribution >= 0.6 is 0 Å². The van der Waals surface area contributed by atoms with E-state index in [9.17, 15) is 8.42 Å². The molecule has 0 aliphatic carbocycles. The second kappa shape index (κ2) is 6.17. The molecule has 0 fully saturated rings. The SMILES string of the molecule is CNCc1cccc(S(=O)(=O)NCc2ccnn2C)c1. The molecule has 0 aliphatic heterocycles. The molecule has 0 amide bonds. The van der Waals surface area contributed by atoms with Gasteiger partial charge < -0.3 is 5.32 Å². The summed E-state index contributed by atoms with van der Waals surface area (Å²) in [6.45, 7) is 0.847. The molecule has 0 atom stereocenters.